The molecule has 4 nitrogen and oxygen atoms in total. The van der Waals surface area contributed by atoms with Gasteiger partial charge in [0.1, 0.15) is 13.1 Å². The first-order chi connectivity index (χ1) is 17.3. The number of fused-ring (bicyclic) bond motifs is 2. The summed E-state index contributed by atoms with van der Waals surface area (Å²) in [5.41, 5.74) is 7.79. The van der Waals surface area contributed by atoms with Crippen molar-refractivity contribution in [3.8, 4) is 0 Å². The smallest absolute Gasteiger partial charge is 0.230 e. The zero-order valence-electron chi connectivity index (χ0n) is 19.9. The van der Waals surface area contributed by atoms with Gasteiger partial charge in [0.15, 0.2) is 22.1 Å². The van der Waals surface area contributed by atoms with Gasteiger partial charge >= 0.3 is 0 Å². The number of aryl methyl sites for hydroxylation is 2. The molecule has 0 spiro atoms. The van der Waals surface area contributed by atoms with Crippen molar-refractivity contribution in [1.29, 1.82) is 0 Å². The lowest BCUT2D eigenvalue weighted by Gasteiger charge is -1.99. The number of benzene rings is 4. The topological polar surface area (TPSA) is 17.6 Å². The van der Waals surface area contributed by atoms with Gasteiger partial charge in [-0.1, -0.05) is 84.9 Å². The highest BCUT2D eigenvalue weighted by Crippen LogP contribution is 2.15. The van der Waals surface area contributed by atoms with E-state index >= 15 is 0 Å². The van der Waals surface area contributed by atoms with Crippen molar-refractivity contribution in [2.24, 2.45) is 0 Å². The summed E-state index contributed by atoms with van der Waals surface area (Å²) in [6, 6.07) is 38.8. The van der Waals surface area contributed by atoms with E-state index in [1.54, 1.807) is 0 Å². The molecule has 2 heterocycles. The number of para-hydroxylation sites is 4. The SMILES string of the molecule is c1ccc(C[n+]2cn(CCCn3c[n+](Cc4ccccc4)c4ccccc43)c3ccccc32)cc1. The van der Waals surface area contributed by atoms with Crippen molar-refractivity contribution < 1.29 is 9.13 Å². The summed E-state index contributed by atoms with van der Waals surface area (Å²) < 4.78 is 9.54. The zero-order valence-corrected chi connectivity index (χ0v) is 19.9. The van der Waals surface area contributed by atoms with Crippen LogP contribution in [0.3, 0.4) is 0 Å². The summed E-state index contributed by atoms with van der Waals surface area (Å²) in [6.45, 7) is 3.73. The van der Waals surface area contributed by atoms with Gasteiger partial charge in [0.25, 0.3) is 0 Å². The Balaban J connectivity index is 1.22. The van der Waals surface area contributed by atoms with E-state index in [1.165, 1.54) is 33.2 Å². The van der Waals surface area contributed by atoms with Crippen LogP contribution in [0.4, 0.5) is 0 Å². The van der Waals surface area contributed by atoms with E-state index in [0.29, 0.717) is 0 Å². The molecule has 6 rings (SSSR count). The highest BCUT2D eigenvalue weighted by molar-refractivity contribution is 5.72. The van der Waals surface area contributed by atoms with E-state index in [4.69, 9.17) is 0 Å². The van der Waals surface area contributed by atoms with Crippen LogP contribution in [0.25, 0.3) is 22.1 Å². The fraction of sp³-hybridized carbons (Fsp3) is 0.161. The summed E-state index contributed by atoms with van der Waals surface area (Å²) in [5, 5.41) is 0. The molecule has 4 heteroatoms. The van der Waals surface area contributed by atoms with Gasteiger partial charge in [-0.2, -0.15) is 0 Å². The first-order valence-corrected chi connectivity index (χ1v) is 12.4. The van der Waals surface area contributed by atoms with Gasteiger partial charge in [-0.3, -0.25) is 0 Å². The molecule has 0 fully saturated rings. The Morgan fingerprint density at radius 1 is 0.457 bits per heavy atom. The average Bonchev–Trinajstić information content (AvgIpc) is 3.44. The molecule has 4 aromatic carbocycles. The molecule has 0 atom stereocenters. The Morgan fingerprint density at radius 3 is 1.31 bits per heavy atom. The van der Waals surface area contributed by atoms with Crippen LogP contribution in [0.1, 0.15) is 17.5 Å². The van der Waals surface area contributed by atoms with Crippen molar-refractivity contribution in [3.63, 3.8) is 0 Å². The molecule has 0 radical (unpaired) electrons. The van der Waals surface area contributed by atoms with Gasteiger partial charge in [-0.05, 0) is 35.4 Å². The number of hydrogen-bond donors (Lipinski definition) is 0. The molecule has 0 bridgehead atoms. The Kier molecular flexibility index (Phi) is 5.85. The summed E-state index contributed by atoms with van der Waals surface area (Å²) in [5.74, 6) is 0. The predicted octanol–water partition coefficient (Wildman–Crippen LogP) is 5.36. The first-order valence-electron chi connectivity index (χ1n) is 12.4. The molecule has 0 unspecified atom stereocenters. The van der Waals surface area contributed by atoms with Crippen LogP contribution in [0, 0.1) is 0 Å². The van der Waals surface area contributed by atoms with Crippen LogP contribution in [0.5, 0.6) is 0 Å². The quantitative estimate of drug-likeness (QED) is 0.273. The predicted molar refractivity (Wildman–Crippen MR) is 140 cm³/mol. The molecular weight excluding hydrogens is 428 g/mol. The Labute approximate surface area is 205 Å². The number of aromatic nitrogens is 4. The third-order valence-electron chi connectivity index (χ3n) is 6.75. The molecule has 35 heavy (non-hydrogen) atoms. The molecule has 6 aromatic rings. The standard InChI is InChI=1S/C31H30N4/c1-3-12-26(13-4-1)22-34-24-32(28-16-7-9-18-30(28)34)20-11-21-33-25-35(23-27-14-5-2-6-15-27)31-19-10-8-17-29(31)33/h1-10,12-19,24-25H,11,20-23H2/q+2. The summed E-state index contributed by atoms with van der Waals surface area (Å²) in [4.78, 5) is 0. The lowest BCUT2D eigenvalue weighted by atomic mass is 10.2. The van der Waals surface area contributed by atoms with Crippen molar-refractivity contribution >= 4 is 22.1 Å². The third kappa shape index (κ3) is 4.47. The van der Waals surface area contributed by atoms with E-state index in [9.17, 15) is 0 Å². The van der Waals surface area contributed by atoms with Gasteiger partial charge < -0.3 is 0 Å². The maximum atomic E-state index is 2.40. The molecule has 0 aliphatic carbocycles. The summed E-state index contributed by atoms with van der Waals surface area (Å²) in [6.07, 6.45) is 5.62. The Morgan fingerprint density at radius 2 is 0.857 bits per heavy atom. The van der Waals surface area contributed by atoms with Crippen LogP contribution >= 0.6 is 0 Å². The van der Waals surface area contributed by atoms with Gasteiger partial charge in [0, 0.05) is 6.42 Å². The summed E-state index contributed by atoms with van der Waals surface area (Å²) >= 11 is 0. The Hall–Kier alpha value is -4.18. The summed E-state index contributed by atoms with van der Waals surface area (Å²) in [7, 11) is 0. The normalized spacial score (nSPS) is 11.4. The number of rotatable bonds is 8. The minimum Gasteiger partial charge on any atom is -0.230 e. The van der Waals surface area contributed by atoms with Crippen molar-refractivity contribution in [1.82, 2.24) is 9.13 Å². The van der Waals surface area contributed by atoms with E-state index in [0.717, 1.165) is 32.6 Å². The first kappa shape index (κ1) is 21.4. The minimum atomic E-state index is 0.885. The van der Waals surface area contributed by atoms with Gasteiger partial charge in [-0.25, -0.2) is 18.3 Å². The maximum Gasteiger partial charge on any atom is 0.245 e. The van der Waals surface area contributed by atoms with Crippen LogP contribution in [-0.4, -0.2) is 9.13 Å². The van der Waals surface area contributed by atoms with Crippen LogP contribution in [0.15, 0.2) is 122 Å². The zero-order chi connectivity index (χ0) is 23.5. The molecular formula is C31H30N4+2. The molecule has 0 saturated carbocycles. The molecule has 0 amide bonds. The van der Waals surface area contributed by atoms with E-state index < -0.39 is 0 Å². The maximum absolute atomic E-state index is 2.40. The molecule has 2 aromatic heterocycles. The average molecular weight is 459 g/mol. The second-order valence-electron chi connectivity index (χ2n) is 9.18. The molecule has 172 valence electrons. The van der Waals surface area contributed by atoms with Crippen LogP contribution < -0.4 is 9.13 Å². The molecule has 0 aliphatic rings. The van der Waals surface area contributed by atoms with E-state index in [1.807, 2.05) is 0 Å². The fourth-order valence-electron chi connectivity index (χ4n) is 5.07. The molecule has 0 N–H and O–H groups in total. The largest absolute Gasteiger partial charge is 0.245 e. The third-order valence-corrected chi connectivity index (χ3v) is 6.75. The second-order valence-corrected chi connectivity index (χ2v) is 9.18. The fourth-order valence-corrected chi connectivity index (χ4v) is 5.07. The second kappa shape index (κ2) is 9.59. The minimum absolute atomic E-state index is 0.885. The molecule has 0 aliphatic heterocycles. The van der Waals surface area contributed by atoms with E-state index in [-0.39, 0.29) is 0 Å². The lowest BCUT2D eigenvalue weighted by Crippen LogP contribution is -2.33. The van der Waals surface area contributed by atoms with Crippen LogP contribution in [-0.2, 0) is 26.2 Å². The van der Waals surface area contributed by atoms with Gasteiger partial charge in [0.2, 0.25) is 12.7 Å². The number of imidazole rings is 2. The number of hydrogen-bond acceptors (Lipinski definition) is 0. The highest BCUT2D eigenvalue weighted by Gasteiger charge is 2.18. The van der Waals surface area contributed by atoms with Gasteiger partial charge in [0.05, 0.1) is 13.1 Å². The van der Waals surface area contributed by atoms with Crippen LogP contribution in [0.2, 0.25) is 0 Å². The molecule has 0 saturated heterocycles. The Bertz CT molecular complexity index is 1440. The van der Waals surface area contributed by atoms with Gasteiger partial charge in [-0.15, -0.1) is 0 Å². The highest BCUT2D eigenvalue weighted by atomic mass is 15.2. The number of nitrogens with zero attached hydrogens (tertiary/aromatic N) is 4. The van der Waals surface area contributed by atoms with E-state index in [2.05, 4.69) is 140 Å². The van der Waals surface area contributed by atoms with Crippen molar-refractivity contribution in [2.45, 2.75) is 32.6 Å². The monoisotopic (exact) mass is 458 g/mol. The lowest BCUT2D eigenvalue weighted by molar-refractivity contribution is -0.663. The van der Waals surface area contributed by atoms with Crippen molar-refractivity contribution in [2.75, 3.05) is 0 Å². The van der Waals surface area contributed by atoms with Crippen molar-refractivity contribution in [3.05, 3.63) is 133 Å².